The van der Waals surface area contributed by atoms with Gasteiger partial charge in [-0.15, -0.1) is 0 Å². The molecular weight excluding hydrogens is 394 g/mol. The topological polar surface area (TPSA) is 68.2 Å². The highest BCUT2D eigenvalue weighted by atomic mass is 35.5. The van der Waals surface area contributed by atoms with E-state index in [9.17, 15) is 9.90 Å². The lowest BCUT2D eigenvalue weighted by Gasteiger charge is -2.37. The van der Waals surface area contributed by atoms with Crippen LogP contribution in [0.1, 0.15) is 30.0 Å². The molecule has 2 aromatic carbocycles. The Balaban J connectivity index is 2.05. The maximum Gasteiger partial charge on any atom is 0.306 e. The third kappa shape index (κ3) is 4.60. The summed E-state index contributed by atoms with van der Waals surface area (Å²) in [6, 6.07) is 11.5. The second-order valence-electron chi connectivity index (χ2n) is 7.06. The van der Waals surface area contributed by atoms with Gasteiger partial charge in [-0.25, -0.2) is 0 Å². The van der Waals surface area contributed by atoms with Gasteiger partial charge in [0.2, 0.25) is 5.75 Å². The molecule has 1 heterocycles. The first-order valence-corrected chi connectivity index (χ1v) is 9.88. The Hall–Kier alpha value is -2.44. The van der Waals surface area contributed by atoms with Crippen LogP contribution in [0, 0.1) is 5.92 Å². The van der Waals surface area contributed by atoms with Crippen LogP contribution in [-0.2, 0) is 4.79 Å². The van der Waals surface area contributed by atoms with Gasteiger partial charge >= 0.3 is 5.97 Å². The van der Waals surface area contributed by atoms with Crippen molar-refractivity contribution < 1.29 is 24.1 Å². The molecule has 1 unspecified atom stereocenters. The lowest BCUT2D eigenvalue weighted by Crippen LogP contribution is -2.39. The Bertz CT molecular complexity index is 839. The number of carboxylic acids is 1. The molecule has 1 saturated heterocycles. The third-order valence-electron chi connectivity index (χ3n) is 5.41. The van der Waals surface area contributed by atoms with E-state index in [0.717, 1.165) is 11.1 Å². The number of hydrogen-bond acceptors (Lipinski definition) is 5. The van der Waals surface area contributed by atoms with E-state index < -0.39 is 5.97 Å². The van der Waals surface area contributed by atoms with Crippen molar-refractivity contribution in [3.05, 3.63) is 52.5 Å². The zero-order chi connectivity index (χ0) is 21.0. The molecule has 2 aromatic rings. The monoisotopic (exact) mass is 419 g/mol. The first-order valence-electron chi connectivity index (χ1n) is 9.50. The molecule has 0 amide bonds. The summed E-state index contributed by atoms with van der Waals surface area (Å²) in [6.07, 6.45) is 1.22. The highest BCUT2D eigenvalue weighted by Gasteiger charge is 2.31. The van der Waals surface area contributed by atoms with Gasteiger partial charge in [0.25, 0.3) is 0 Å². The lowest BCUT2D eigenvalue weighted by molar-refractivity contribution is -0.143. The number of piperidine rings is 1. The highest BCUT2D eigenvalue weighted by Crippen LogP contribution is 2.43. The number of aliphatic carboxylic acids is 1. The van der Waals surface area contributed by atoms with E-state index in [1.54, 1.807) is 21.3 Å². The van der Waals surface area contributed by atoms with E-state index in [2.05, 4.69) is 4.90 Å². The quantitative estimate of drug-likeness (QED) is 0.723. The summed E-state index contributed by atoms with van der Waals surface area (Å²) in [5.41, 5.74) is 2.00. The van der Waals surface area contributed by atoms with Gasteiger partial charge in [-0.2, -0.15) is 0 Å². The average Bonchev–Trinajstić information content (AvgIpc) is 2.73. The van der Waals surface area contributed by atoms with Crippen LogP contribution in [0.2, 0.25) is 5.02 Å². The number of carbonyl (C=O) groups is 1. The summed E-state index contributed by atoms with van der Waals surface area (Å²) >= 11 is 6.28. The van der Waals surface area contributed by atoms with Crippen LogP contribution in [0.3, 0.4) is 0 Å². The van der Waals surface area contributed by atoms with Crippen molar-refractivity contribution in [3.63, 3.8) is 0 Å². The van der Waals surface area contributed by atoms with E-state index >= 15 is 0 Å². The second kappa shape index (κ2) is 9.37. The van der Waals surface area contributed by atoms with Crippen LogP contribution in [-0.4, -0.2) is 50.4 Å². The summed E-state index contributed by atoms with van der Waals surface area (Å²) in [5, 5.41) is 10.00. The van der Waals surface area contributed by atoms with Crippen LogP contribution < -0.4 is 14.2 Å². The molecule has 0 bridgehead atoms. The molecule has 6 nitrogen and oxygen atoms in total. The van der Waals surface area contributed by atoms with Gasteiger partial charge in [0.05, 0.1) is 33.3 Å². The Labute approximate surface area is 175 Å². The van der Waals surface area contributed by atoms with Gasteiger partial charge in [0.1, 0.15) is 0 Å². The van der Waals surface area contributed by atoms with E-state index in [0.29, 0.717) is 48.2 Å². The van der Waals surface area contributed by atoms with Gasteiger partial charge in [-0.3, -0.25) is 9.69 Å². The van der Waals surface area contributed by atoms with Crippen LogP contribution in [0.5, 0.6) is 17.2 Å². The second-order valence-corrected chi connectivity index (χ2v) is 7.50. The molecule has 1 N–H and O–H groups in total. The summed E-state index contributed by atoms with van der Waals surface area (Å²) in [6.45, 7) is 1.34. The van der Waals surface area contributed by atoms with E-state index in [-0.39, 0.29) is 12.0 Å². The number of carboxylic acid groups (broad SMARTS) is 1. The van der Waals surface area contributed by atoms with Crippen molar-refractivity contribution in [1.82, 2.24) is 4.90 Å². The average molecular weight is 420 g/mol. The van der Waals surface area contributed by atoms with E-state index in [1.165, 1.54) is 0 Å². The fraction of sp³-hybridized carbons (Fsp3) is 0.409. The maximum atomic E-state index is 11.4. The van der Waals surface area contributed by atoms with Crippen molar-refractivity contribution in [2.24, 2.45) is 5.92 Å². The summed E-state index contributed by atoms with van der Waals surface area (Å²) in [4.78, 5) is 13.7. The number of ether oxygens (including phenoxy) is 3. The highest BCUT2D eigenvalue weighted by molar-refractivity contribution is 6.30. The van der Waals surface area contributed by atoms with Gasteiger partial charge in [0, 0.05) is 5.02 Å². The fourth-order valence-corrected chi connectivity index (χ4v) is 4.15. The van der Waals surface area contributed by atoms with E-state index in [1.807, 2.05) is 36.4 Å². The predicted octanol–water partition coefficient (Wildman–Crippen LogP) is 4.25. The summed E-state index contributed by atoms with van der Waals surface area (Å²) < 4.78 is 16.5. The number of rotatable bonds is 7. The number of halogens is 1. The molecule has 1 aliphatic heterocycles. The Kier molecular flexibility index (Phi) is 6.87. The number of nitrogens with zero attached hydrogens (tertiary/aromatic N) is 1. The largest absolute Gasteiger partial charge is 0.493 e. The molecule has 1 fully saturated rings. The number of methoxy groups -OCH3 is 3. The van der Waals surface area contributed by atoms with Gasteiger partial charge in [-0.1, -0.05) is 23.7 Å². The SMILES string of the molecule is COc1cc(C(c2cccc(Cl)c2)N2CCC(C(=O)O)CC2)cc(OC)c1OC. The Morgan fingerprint density at radius 3 is 2.14 bits per heavy atom. The van der Waals surface area contributed by atoms with Crippen molar-refractivity contribution in [2.45, 2.75) is 18.9 Å². The molecule has 1 atom stereocenters. The normalized spacial score (nSPS) is 16.3. The zero-order valence-corrected chi connectivity index (χ0v) is 17.6. The van der Waals surface area contributed by atoms with Crippen molar-refractivity contribution >= 4 is 17.6 Å². The minimum Gasteiger partial charge on any atom is -0.493 e. The maximum absolute atomic E-state index is 11.4. The van der Waals surface area contributed by atoms with Crippen molar-refractivity contribution in [3.8, 4) is 17.2 Å². The molecule has 0 spiro atoms. The molecule has 156 valence electrons. The Morgan fingerprint density at radius 1 is 1.03 bits per heavy atom. The minimum absolute atomic E-state index is 0.114. The van der Waals surface area contributed by atoms with Crippen molar-refractivity contribution in [2.75, 3.05) is 34.4 Å². The summed E-state index contributed by atoms with van der Waals surface area (Å²) in [7, 11) is 4.76. The van der Waals surface area contributed by atoms with Crippen LogP contribution in [0.25, 0.3) is 0 Å². The first-order chi connectivity index (χ1) is 14.0. The number of benzene rings is 2. The van der Waals surface area contributed by atoms with Crippen molar-refractivity contribution in [1.29, 1.82) is 0 Å². The van der Waals surface area contributed by atoms with Gasteiger partial charge in [-0.05, 0) is 61.3 Å². The van der Waals surface area contributed by atoms with Crippen LogP contribution >= 0.6 is 11.6 Å². The fourth-order valence-electron chi connectivity index (χ4n) is 3.95. The predicted molar refractivity (Wildman–Crippen MR) is 111 cm³/mol. The first kappa shape index (κ1) is 21.3. The molecule has 7 heteroatoms. The van der Waals surface area contributed by atoms with Gasteiger partial charge < -0.3 is 19.3 Å². The molecule has 3 rings (SSSR count). The van der Waals surface area contributed by atoms with Gasteiger partial charge in [0.15, 0.2) is 11.5 Å². The van der Waals surface area contributed by atoms with Crippen LogP contribution in [0.4, 0.5) is 0 Å². The smallest absolute Gasteiger partial charge is 0.306 e. The van der Waals surface area contributed by atoms with Crippen LogP contribution in [0.15, 0.2) is 36.4 Å². The number of hydrogen-bond donors (Lipinski definition) is 1. The Morgan fingerprint density at radius 2 is 1.66 bits per heavy atom. The van der Waals surface area contributed by atoms with E-state index in [4.69, 9.17) is 25.8 Å². The molecule has 0 saturated carbocycles. The summed E-state index contributed by atoms with van der Waals surface area (Å²) in [5.74, 6) is 0.666. The standard InChI is InChI=1S/C22H26ClNO5/c1-27-18-12-16(13-19(28-2)21(18)29-3)20(15-5-4-6-17(23)11-15)24-9-7-14(8-10-24)22(25)26/h4-6,11-14,20H,7-10H2,1-3H3,(H,25,26). The number of likely N-dealkylation sites (tertiary alicyclic amines) is 1. The molecule has 0 radical (unpaired) electrons. The molecule has 0 aromatic heterocycles. The lowest BCUT2D eigenvalue weighted by atomic mass is 9.91. The molecule has 0 aliphatic carbocycles. The molecule has 1 aliphatic rings. The third-order valence-corrected chi connectivity index (χ3v) is 5.65. The molecular formula is C22H26ClNO5. The minimum atomic E-state index is -0.725. The molecule has 29 heavy (non-hydrogen) atoms. The zero-order valence-electron chi connectivity index (χ0n) is 16.9.